The fourth-order valence-electron chi connectivity index (χ4n) is 3.45. The number of ether oxygens (including phenoxy) is 1. The number of aryl methyl sites for hydroxylation is 3. The highest BCUT2D eigenvalue weighted by atomic mass is 32.2. The summed E-state index contributed by atoms with van der Waals surface area (Å²) >= 11 is 0. The number of hydrogen-bond acceptors (Lipinski definition) is 7. The van der Waals surface area contributed by atoms with Gasteiger partial charge in [0.2, 0.25) is 0 Å². The van der Waals surface area contributed by atoms with E-state index in [2.05, 4.69) is 25.3 Å². The van der Waals surface area contributed by atoms with Gasteiger partial charge >= 0.3 is 0 Å². The van der Waals surface area contributed by atoms with Crippen molar-refractivity contribution in [3.05, 3.63) is 89.7 Å². The summed E-state index contributed by atoms with van der Waals surface area (Å²) in [5.41, 5.74) is 4.12. The standard InChI is InChI=1S/C26H27N5O3S/c1-17-5-8-20(9-6-17)29-25-16-26(28-19(3)27-25)30-21-10-12-22(13-11-21)31-35(32,33)24-15-18(2)7-14-23(24)34-4/h5-16,31H,1-4H3,(H2,27,28,29,30). The van der Waals surface area contributed by atoms with E-state index in [-0.39, 0.29) is 10.6 Å². The number of methoxy groups -OCH3 is 1. The Labute approximate surface area is 205 Å². The molecule has 4 rings (SSSR count). The van der Waals surface area contributed by atoms with E-state index >= 15 is 0 Å². The number of anilines is 5. The van der Waals surface area contributed by atoms with Crippen molar-refractivity contribution in [2.75, 3.05) is 22.5 Å². The molecule has 3 aromatic carbocycles. The Kier molecular flexibility index (Phi) is 6.88. The van der Waals surface area contributed by atoms with Gasteiger partial charge in [0.05, 0.1) is 7.11 Å². The highest BCUT2D eigenvalue weighted by Crippen LogP contribution is 2.28. The molecule has 1 aromatic heterocycles. The lowest BCUT2D eigenvalue weighted by molar-refractivity contribution is 0.402. The van der Waals surface area contributed by atoms with Crippen LogP contribution in [0.4, 0.5) is 28.7 Å². The van der Waals surface area contributed by atoms with Crippen LogP contribution in [-0.4, -0.2) is 25.5 Å². The SMILES string of the molecule is COc1ccc(C)cc1S(=O)(=O)Nc1ccc(Nc2cc(Nc3ccc(C)cc3)nc(C)n2)cc1. The zero-order valence-corrected chi connectivity index (χ0v) is 20.8. The predicted molar refractivity (Wildman–Crippen MR) is 139 cm³/mol. The molecule has 0 fully saturated rings. The van der Waals surface area contributed by atoms with Crippen LogP contribution in [0.5, 0.6) is 5.75 Å². The van der Waals surface area contributed by atoms with Crippen molar-refractivity contribution in [1.82, 2.24) is 9.97 Å². The summed E-state index contributed by atoms with van der Waals surface area (Å²) in [6.07, 6.45) is 0. The molecule has 0 saturated carbocycles. The minimum atomic E-state index is -3.82. The molecule has 1 heterocycles. The van der Waals surface area contributed by atoms with Crippen LogP contribution in [-0.2, 0) is 10.0 Å². The molecule has 0 amide bonds. The first-order valence-electron chi connectivity index (χ1n) is 11.0. The van der Waals surface area contributed by atoms with E-state index in [9.17, 15) is 8.42 Å². The predicted octanol–water partition coefficient (Wildman–Crippen LogP) is 5.70. The maximum absolute atomic E-state index is 12.9. The molecule has 3 N–H and O–H groups in total. The molecule has 9 heteroatoms. The second kappa shape index (κ2) is 10.0. The molecule has 180 valence electrons. The molecule has 0 radical (unpaired) electrons. The van der Waals surface area contributed by atoms with Gasteiger partial charge in [0, 0.05) is 23.1 Å². The van der Waals surface area contributed by atoms with Gasteiger partial charge < -0.3 is 15.4 Å². The van der Waals surface area contributed by atoms with E-state index in [1.807, 2.05) is 51.1 Å². The summed E-state index contributed by atoms with van der Waals surface area (Å²) in [4.78, 5) is 8.98. The van der Waals surface area contributed by atoms with Gasteiger partial charge in [-0.2, -0.15) is 0 Å². The molecule has 0 aliphatic carbocycles. The zero-order chi connectivity index (χ0) is 25.0. The van der Waals surface area contributed by atoms with Gasteiger partial charge in [0.1, 0.15) is 28.1 Å². The van der Waals surface area contributed by atoms with E-state index in [4.69, 9.17) is 4.74 Å². The Bertz CT molecular complexity index is 1440. The van der Waals surface area contributed by atoms with Crippen molar-refractivity contribution >= 4 is 38.7 Å². The summed E-state index contributed by atoms with van der Waals surface area (Å²) in [6, 6.07) is 21.8. The molecule has 0 aliphatic rings. The van der Waals surface area contributed by atoms with Gasteiger partial charge in [-0.25, -0.2) is 18.4 Å². The maximum atomic E-state index is 12.9. The molecular weight excluding hydrogens is 462 g/mol. The number of aromatic nitrogens is 2. The molecule has 0 atom stereocenters. The average Bonchev–Trinajstić information content (AvgIpc) is 2.81. The van der Waals surface area contributed by atoms with Gasteiger partial charge in [-0.05, 0) is 74.9 Å². The van der Waals surface area contributed by atoms with Crippen molar-refractivity contribution in [3.63, 3.8) is 0 Å². The monoisotopic (exact) mass is 489 g/mol. The fourth-order valence-corrected chi connectivity index (χ4v) is 4.77. The van der Waals surface area contributed by atoms with Crippen molar-refractivity contribution in [1.29, 1.82) is 0 Å². The summed E-state index contributed by atoms with van der Waals surface area (Å²) < 4.78 is 33.7. The Hall–Kier alpha value is -4.11. The number of sulfonamides is 1. The molecule has 0 unspecified atom stereocenters. The summed E-state index contributed by atoms with van der Waals surface area (Å²) in [5.74, 6) is 2.18. The van der Waals surface area contributed by atoms with Crippen molar-refractivity contribution in [2.45, 2.75) is 25.7 Å². The summed E-state index contributed by atoms with van der Waals surface area (Å²) in [7, 11) is -2.37. The molecule has 0 saturated heterocycles. The van der Waals surface area contributed by atoms with Gasteiger partial charge in [0.15, 0.2) is 0 Å². The molecule has 8 nitrogen and oxygen atoms in total. The molecule has 4 aromatic rings. The van der Waals surface area contributed by atoms with Crippen molar-refractivity contribution in [2.24, 2.45) is 0 Å². The first-order valence-corrected chi connectivity index (χ1v) is 12.4. The lowest BCUT2D eigenvalue weighted by Crippen LogP contribution is -2.14. The molecular formula is C26H27N5O3S. The van der Waals surface area contributed by atoms with E-state index in [0.29, 0.717) is 23.1 Å². The van der Waals surface area contributed by atoms with Crippen LogP contribution in [0.2, 0.25) is 0 Å². The van der Waals surface area contributed by atoms with Crippen molar-refractivity contribution < 1.29 is 13.2 Å². The average molecular weight is 490 g/mol. The highest BCUT2D eigenvalue weighted by Gasteiger charge is 2.20. The van der Waals surface area contributed by atoms with E-state index in [0.717, 1.165) is 16.9 Å². The van der Waals surface area contributed by atoms with Crippen LogP contribution < -0.4 is 20.1 Å². The fraction of sp³-hybridized carbons (Fsp3) is 0.154. The lowest BCUT2D eigenvalue weighted by Gasteiger charge is -2.13. The Morgan fingerprint density at radius 1 is 0.686 bits per heavy atom. The second-order valence-electron chi connectivity index (χ2n) is 8.14. The Morgan fingerprint density at radius 2 is 1.20 bits per heavy atom. The van der Waals surface area contributed by atoms with Crippen LogP contribution in [0.15, 0.2) is 77.7 Å². The molecule has 0 bridgehead atoms. The Morgan fingerprint density at radius 3 is 1.77 bits per heavy atom. The number of nitrogens with zero attached hydrogens (tertiary/aromatic N) is 2. The quantitative estimate of drug-likeness (QED) is 0.292. The van der Waals surface area contributed by atoms with Crippen LogP contribution in [0, 0.1) is 20.8 Å². The van der Waals surface area contributed by atoms with Gasteiger partial charge in [-0.15, -0.1) is 0 Å². The first kappa shape index (κ1) is 24.0. The minimum absolute atomic E-state index is 0.0901. The number of nitrogens with one attached hydrogen (secondary N) is 3. The normalized spacial score (nSPS) is 11.1. The zero-order valence-electron chi connectivity index (χ0n) is 20.0. The van der Waals surface area contributed by atoms with Crippen LogP contribution in [0.25, 0.3) is 0 Å². The van der Waals surface area contributed by atoms with E-state index < -0.39 is 10.0 Å². The maximum Gasteiger partial charge on any atom is 0.265 e. The smallest absolute Gasteiger partial charge is 0.265 e. The molecule has 0 spiro atoms. The van der Waals surface area contributed by atoms with Crippen LogP contribution in [0.1, 0.15) is 17.0 Å². The largest absolute Gasteiger partial charge is 0.495 e. The molecule has 35 heavy (non-hydrogen) atoms. The van der Waals surface area contributed by atoms with E-state index in [1.54, 1.807) is 42.5 Å². The number of hydrogen-bond donors (Lipinski definition) is 3. The van der Waals surface area contributed by atoms with Gasteiger partial charge in [0.25, 0.3) is 10.0 Å². The third-order valence-corrected chi connectivity index (χ3v) is 6.58. The third kappa shape index (κ3) is 6.07. The van der Waals surface area contributed by atoms with Gasteiger partial charge in [-0.3, -0.25) is 4.72 Å². The summed E-state index contributed by atoms with van der Waals surface area (Å²) in [5, 5.41) is 6.52. The van der Waals surface area contributed by atoms with Crippen LogP contribution >= 0.6 is 0 Å². The minimum Gasteiger partial charge on any atom is -0.495 e. The lowest BCUT2D eigenvalue weighted by atomic mass is 10.2. The topological polar surface area (TPSA) is 105 Å². The second-order valence-corrected chi connectivity index (χ2v) is 9.79. The molecule has 0 aliphatic heterocycles. The van der Waals surface area contributed by atoms with E-state index in [1.165, 1.54) is 12.7 Å². The first-order chi connectivity index (χ1) is 16.7. The highest BCUT2D eigenvalue weighted by molar-refractivity contribution is 7.92. The summed E-state index contributed by atoms with van der Waals surface area (Å²) in [6.45, 7) is 5.69. The number of benzene rings is 3. The number of rotatable bonds is 8. The van der Waals surface area contributed by atoms with Crippen LogP contribution in [0.3, 0.4) is 0 Å². The third-order valence-electron chi connectivity index (χ3n) is 5.18. The Balaban J connectivity index is 1.48. The van der Waals surface area contributed by atoms with Crippen molar-refractivity contribution in [3.8, 4) is 5.75 Å². The van der Waals surface area contributed by atoms with Gasteiger partial charge in [-0.1, -0.05) is 23.8 Å².